The molecule has 3 rings (SSSR count). The van der Waals surface area contributed by atoms with E-state index in [2.05, 4.69) is 53.6 Å². The summed E-state index contributed by atoms with van der Waals surface area (Å²) in [7, 11) is 1.99. The monoisotopic (exact) mass is 270 g/mol. The molecular weight excluding hydrogens is 248 g/mol. The molecular formula is C16H22N4. The van der Waals surface area contributed by atoms with Crippen LogP contribution in [0.2, 0.25) is 0 Å². The second kappa shape index (κ2) is 5.37. The molecule has 1 unspecified atom stereocenters. The Morgan fingerprint density at radius 2 is 2.05 bits per heavy atom. The average molecular weight is 270 g/mol. The molecule has 1 N–H and O–H groups in total. The molecule has 20 heavy (non-hydrogen) atoms. The summed E-state index contributed by atoms with van der Waals surface area (Å²) >= 11 is 0. The Morgan fingerprint density at radius 3 is 2.70 bits per heavy atom. The fourth-order valence-electron chi connectivity index (χ4n) is 3.16. The molecule has 0 radical (unpaired) electrons. The molecule has 4 heteroatoms. The SMILES string of the molecule is Cc1ccccc1C1CC(NC(C)c2nncn2C)C1. The molecule has 1 fully saturated rings. The molecule has 1 aliphatic carbocycles. The van der Waals surface area contributed by atoms with E-state index in [4.69, 9.17) is 0 Å². The van der Waals surface area contributed by atoms with Crippen LogP contribution in [0, 0.1) is 6.92 Å². The van der Waals surface area contributed by atoms with E-state index < -0.39 is 0 Å². The molecule has 1 aromatic carbocycles. The quantitative estimate of drug-likeness (QED) is 0.929. The van der Waals surface area contributed by atoms with Gasteiger partial charge in [-0.1, -0.05) is 24.3 Å². The van der Waals surface area contributed by atoms with Crippen LogP contribution in [0.15, 0.2) is 30.6 Å². The summed E-state index contributed by atoms with van der Waals surface area (Å²) in [6.45, 7) is 4.36. The van der Waals surface area contributed by atoms with Crippen molar-refractivity contribution in [3.63, 3.8) is 0 Å². The van der Waals surface area contributed by atoms with Crippen molar-refractivity contribution in [2.75, 3.05) is 0 Å². The van der Waals surface area contributed by atoms with Crippen LogP contribution in [0.1, 0.15) is 48.7 Å². The van der Waals surface area contributed by atoms with E-state index in [1.54, 1.807) is 6.33 Å². The second-order valence-corrected chi connectivity index (χ2v) is 5.91. The largest absolute Gasteiger partial charge is 0.319 e. The maximum absolute atomic E-state index is 4.17. The Kier molecular flexibility index (Phi) is 3.57. The van der Waals surface area contributed by atoms with Crippen LogP contribution in [0.5, 0.6) is 0 Å². The number of rotatable bonds is 4. The molecule has 0 aliphatic heterocycles. The van der Waals surface area contributed by atoms with Crippen LogP contribution in [0.3, 0.4) is 0 Å². The summed E-state index contributed by atoms with van der Waals surface area (Å²) in [5, 5.41) is 11.8. The number of nitrogens with one attached hydrogen (secondary N) is 1. The van der Waals surface area contributed by atoms with Crippen LogP contribution in [-0.4, -0.2) is 20.8 Å². The van der Waals surface area contributed by atoms with E-state index in [1.165, 1.54) is 24.0 Å². The molecule has 2 aromatic rings. The topological polar surface area (TPSA) is 42.7 Å². The van der Waals surface area contributed by atoms with Gasteiger partial charge in [0.1, 0.15) is 12.2 Å². The van der Waals surface area contributed by atoms with E-state index in [0.29, 0.717) is 12.0 Å². The molecule has 1 heterocycles. The van der Waals surface area contributed by atoms with Crippen molar-refractivity contribution in [3.05, 3.63) is 47.5 Å². The number of hydrogen-bond acceptors (Lipinski definition) is 3. The van der Waals surface area contributed by atoms with Gasteiger partial charge < -0.3 is 9.88 Å². The summed E-state index contributed by atoms with van der Waals surface area (Å²) in [4.78, 5) is 0. The predicted molar refractivity (Wildman–Crippen MR) is 79.5 cm³/mol. The van der Waals surface area contributed by atoms with Crippen molar-refractivity contribution >= 4 is 0 Å². The summed E-state index contributed by atoms with van der Waals surface area (Å²) in [6, 6.07) is 9.58. The Morgan fingerprint density at radius 1 is 1.30 bits per heavy atom. The first-order valence-corrected chi connectivity index (χ1v) is 7.30. The molecule has 1 aromatic heterocycles. The molecule has 1 saturated carbocycles. The normalized spacial score (nSPS) is 23.4. The van der Waals surface area contributed by atoms with Gasteiger partial charge in [0.25, 0.3) is 0 Å². The zero-order valence-electron chi connectivity index (χ0n) is 12.4. The van der Waals surface area contributed by atoms with Gasteiger partial charge in [-0.15, -0.1) is 10.2 Å². The van der Waals surface area contributed by atoms with Crippen molar-refractivity contribution in [1.82, 2.24) is 20.1 Å². The molecule has 0 saturated heterocycles. The van der Waals surface area contributed by atoms with Gasteiger partial charge in [0.2, 0.25) is 0 Å². The first kappa shape index (κ1) is 13.3. The lowest BCUT2D eigenvalue weighted by Gasteiger charge is -2.38. The third kappa shape index (κ3) is 2.48. The van der Waals surface area contributed by atoms with E-state index in [1.807, 2.05) is 11.6 Å². The highest BCUT2D eigenvalue weighted by atomic mass is 15.3. The van der Waals surface area contributed by atoms with Crippen LogP contribution in [0.4, 0.5) is 0 Å². The number of benzene rings is 1. The van der Waals surface area contributed by atoms with Gasteiger partial charge in [0.05, 0.1) is 6.04 Å². The third-order valence-corrected chi connectivity index (χ3v) is 4.39. The highest BCUT2D eigenvalue weighted by molar-refractivity contribution is 5.31. The summed E-state index contributed by atoms with van der Waals surface area (Å²) < 4.78 is 1.98. The number of aryl methyl sites for hydroxylation is 2. The molecule has 4 nitrogen and oxygen atoms in total. The van der Waals surface area contributed by atoms with E-state index in [9.17, 15) is 0 Å². The van der Waals surface area contributed by atoms with E-state index in [-0.39, 0.29) is 6.04 Å². The number of nitrogens with zero attached hydrogens (tertiary/aromatic N) is 3. The van der Waals surface area contributed by atoms with Gasteiger partial charge in [-0.3, -0.25) is 0 Å². The maximum Gasteiger partial charge on any atom is 0.149 e. The van der Waals surface area contributed by atoms with Crippen molar-refractivity contribution < 1.29 is 0 Å². The minimum absolute atomic E-state index is 0.255. The van der Waals surface area contributed by atoms with Crippen LogP contribution < -0.4 is 5.32 Å². The van der Waals surface area contributed by atoms with Gasteiger partial charge in [-0.2, -0.15) is 0 Å². The number of hydrogen-bond donors (Lipinski definition) is 1. The number of aromatic nitrogens is 3. The van der Waals surface area contributed by atoms with Crippen LogP contribution in [-0.2, 0) is 7.05 Å². The van der Waals surface area contributed by atoms with Crippen LogP contribution in [0.25, 0.3) is 0 Å². The second-order valence-electron chi connectivity index (χ2n) is 5.91. The minimum Gasteiger partial charge on any atom is -0.319 e. The fraction of sp³-hybridized carbons (Fsp3) is 0.500. The highest BCUT2D eigenvalue weighted by Crippen LogP contribution is 2.39. The minimum atomic E-state index is 0.255. The zero-order chi connectivity index (χ0) is 14.1. The average Bonchev–Trinajstić information content (AvgIpc) is 2.81. The molecule has 106 valence electrons. The molecule has 0 spiro atoms. The lowest BCUT2D eigenvalue weighted by Crippen LogP contribution is -2.42. The Balaban J connectivity index is 1.56. The fourth-order valence-corrected chi connectivity index (χ4v) is 3.16. The van der Waals surface area contributed by atoms with Gasteiger partial charge in [-0.05, 0) is 43.7 Å². The van der Waals surface area contributed by atoms with Crippen LogP contribution >= 0.6 is 0 Å². The first-order chi connectivity index (χ1) is 9.65. The van der Waals surface area contributed by atoms with Crippen molar-refractivity contribution in [2.45, 2.75) is 44.7 Å². The van der Waals surface area contributed by atoms with Crippen molar-refractivity contribution in [1.29, 1.82) is 0 Å². The first-order valence-electron chi connectivity index (χ1n) is 7.30. The van der Waals surface area contributed by atoms with E-state index in [0.717, 1.165) is 5.82 Å². The molecule has 1 aliphatic rings. The predicted octanol–water partition coefficient (Wildman–Crippen LogP) is 2.72. The highest BCUT2D eigenvalue weighted by Gasteiger charge is 2.32. The third-order valence-electron chi connectivity index (χ3n) is 4.39. The van der Waals surface area contributed by atoms with E-state index >= 15 is 0 Å². The summed E-state index contributed by atoms with van der Waals surface area (Å²) in [6.07, 6.45) is 4.19. The van der Waals surface area contributed by atoms with Gasteiger partial charge in [-0.25, -0.2) is 0 Å². The summed E-state index contributed by atoms with van der Waals surface area (Å²) in [5.41, 5.74) is 2.93. The molecule has 0 amide bonds. The smallest absolute Gasteiger partial charge is 0.149 e. The van der Waals surface area contributed by atoms with Crippen molar-refractivity contribution in [2.24, 2.45) is 7.05 Å². The molecule has 0 bridgehead atoms. The zero-order valence-corrected chi connectivity index (χ0v) is 12.4. The molecule has 1 atom stereocenters. The Hall–Kier alpha value is -1.68. The summed E-state index contributed by atoms with van der Waals surface area (Å²) in [5.74, 6) is 1.71. The Bertz CT molecular complexity index is 584. The maximum atomic E-state index is 4.17. The Labute approximate surface area is 120 Å². The van der Waals surface area contributed by atoms with Crippen molar-refractivity contribution in [3.8, 4) is 0 Å². The van der Waals surface area contributed by atoms with Gasteiger partial charge in [0, 0.05) is 13.1 Å². The van der Waals surface area contributed by atoms with Gasteiger partial charge >= 0.3 is 0 Å². The van der Waals surface area contributed by atoms with Gasteiger partial charge in [0.15, 0.2) is 0 Å². The lowest BCUT2D eigenvalue weighted by atomic mass is 9.74. The standard InChI is InChI=1S/C16H22N4/c1-11-6-4-5-7-15(11)13-8-14(9-13)18-12(2)16-19-17-10-20(16)3/h4-7,10,12-14,18H,8-9H2,1-3H3. The lowest BCUT2D eigenvalue weighted by molar-refractivity contribution is 0.265.